The first-order valence-electron chi connectivity index (χ1n) is 3.70. The molecule has 52 valence electrons. The molecule has 0 aromatic heterocycles. The molecule has 0 saturated carbocycles. The lowest BCUT2D eigenvalue weighted by molar-refractivity contribution is 0.0701. The molecule has 0 aromatic carbocycles. The van der Waals surface area contributed by atoms with Crippen LogP contribution in [0.3, 0.4) is 0 Å². The third kappa shape index (κ3) is 1.10. The Morgan fingerprint density at radius 1 is 1.33 bits per heavy atom. The lowest BCUT2D eigenvalue weighted by Gasteiger charge is -2.33. The van der Waals surface area contributed by atoms with Crippen molar-refractivity contribution in [3.8, 4) is 0 Å². The van der Waals surface area contributed by atoms with Gasteiger partial charge in [-0.3, -0.25) is 0 Å². The summed E-state index contributed by atoms with van der Waals surface area (Å²) >= 11 is 2.08. The maximum Gasteiger partial charge on any atom is 0.0783 e. The summed E-state index contributed by atoms with van der Waals surface area (Å²) in [7, 11) is 0. The largest absolute Gasteiger partial charge is 0.376 e. The van der Waals surface area contributed by atoms with Crippen LogP contribution in [0.2, 0.25) is 0 Å². The molecule has 0 N–H and O–H groups in total. The van der Waals surface area contributed by atoms with E-state index in [1.807, 2.05) is 0 Å². The molecular weight excluding hydrogens is 132 g/mol. The van der Waals surface area contributed by atoms with Gasteiger partial charge in [0.25, 0.3) is 0 Å². The summed E-state index contributed by atoms with van der Waals surface area (Å²) in [5.74, 6) is 1.25. The van der Waals surface area contributed by atoms with Crippen molar-refractivity contribution in [2.24, 2.45) is 0 Å². The van der Waals surface area contributed by atoms with Crippen molar-refractivity contribution in [3.63, 3.8) is 0 Å². The Morgan fingerprint density at radius 2 is 2.33 bits per heavy atom. The van der Waals surface area contributed by atoms with Gasteiger partial charge in [-0.05, 0) is 19.3 Å². The molecule has 0 spiro atoms. The summed E-state index contributed by atoms with van der Waals surface area (Å²) in [6.07, 6.45) is 4.70. The second-order valence-electron chi connectivity index (χ2n) is 2.78. The number of ether oxygens (including phenoxy) is 1. The first kappa shape index (κ1) is 6.05. The summed E-state index contributed by atoms with van der Waals surface area (Å²) in [6.45, 7) is 1.02. The lowest BCUT2D eigenvalue weighted by Crippen LogP contribution is -2.37. The van der Waals surface area contributed by atoms with Crippen LogP contribution in [0.25, 0.3) is 0 Å². The van der Waals surface area contributed by atoms with Crippen molar-refractivity contribution in [2.75, 3.05) is 12.4 Å². The number of thioether (sulfide) groups is 1. The number of hydrogen-bond acceptors (Lipinski definition) is 2. The molecule has 1 nitrogen and oxygen atoms in total. The summed E-state index contributed by atoms with van der Waals surface area (Å²) in [5.41, 5.74) is 0. The number of hydrogen-bond donors (Lipinski definition) is 0. The third-order valence-corrected chi connectivity index (χ3v) is 3.59. The van der Waals surface area contributed by atoms with E-state index in [0.717, 1.165) is 11.9 Å². The van der Waals surface area contributed by atoms with Gasteiger partial charge in [0.05, 0.1) is 6.10 Å². The van der Waals surface area contributed by atoms with Crippen LogP contribution >= 0.6 is 11.8 Å². The molecule has 9 heavy (non-hydrogen) atoms. The second-order valence-corrected chi connectivity index (χ2v) is 4.05. The molecule has 2 atom stereocenters. The maximum atomic E-state index is 5.58. The van der Waals surface area contributed by atoms with Crippen LogP contribution in [0.5, 0.6) is 0 Å². The quantitative estimate of drug-likeness (QED) is 0.511. The minimum atomic E-state index is 0.637. The van der Waals surface area contributed by atoms with Gasteiger partial charge in [-0.25, -0.2) is 0 Å². The Bertz CT molecular complexity index is 93.1. The molecule has 2 heteroatoms. The highest BCUT2D eigenvalue weighted by Gasteiger charge is 2.33. The van der Waals surface area contributed by atoms with Crippen LogP contribution in [-0.2, 0) is 4.74 Å². The fourth-order valence-electron chi connectivity index (χ4n) is 1.42. The molecule has 2 fully saturated rings. The average molecular weight is 144 g/mol. The molecular formula is C7H12OS. The minimum Gasteiger partial charge on any atom is -0.376 e. The Balaban J connectivity index is 1.90. The summed E-state index contributed by atoms with van der Waals surface area (Å²) in [4.78, 5) is 0. The van der Waals surface area contributed by atoms with Crippen LogP contribution in [0.1, 0.15) is 19.3 Å². The molecule has 2 unspecified atom stereocenters. The van der Waals surface area contributed by atoms with Crippen molar-refractivity contribution in [1.82, 2.24) is 0 Å². The molecule has 2 aliphatic rings. The van der Waals surface area contributed by atoms with Gasteiger partial charge < -0.3 is 4.74 Å². The molecule has 0 bridgehead atoms. The molecule has 2 aliphatic heterocycles. The maximum absolute atomic E-state index is 5.58. The van der Waals surface area contributed by atoms with Crippen molar-refractivity contribution >= 4 is 11.8 Å². The Kier molecular flexibility index (Phi) is 1.68. The van der Waals surface area contributed by atoms with Crippen molar-refractivity contribution in [3.05, 3.63) is 0 Å². The van der Waals surface area contributed by atoms with E-state index in [2.05, 4.69) is 11.8 Å². The number of fused-ring (bicyclic) bond motifs is 1. The fourth-order valence-corrected chi connectivity index (χ4v) is 2.55. The van der Waals surface area contributed by atoms with E-state index in [1.165, 1.54) is 25.0 Å². The number of rotatable bonds is 0. The topological polar surface area (TPSA) is 9.23 Å². The lowest BCUT2D eigenvalue weighted by atomic mass is 10.1. The Hall–Kier alpha value is 0.310. The molecule has 0 radical (unpaired) electrons. The first-order chi connectivity index (χ1) is 4.47. The highest BCUT2D eigenvalue weighted by molar-refractivity contribution is 8.01. The van der Waals surface area contributed by atoms with Gasteiger partial charge in [0.2, 0.25) is 0 Å². The van der Waals surface area contributed by atoms with E-state index in [1.54, 1.807) is 0 Å². The molecule has 0 aliphatic carbocycles. The molecule has 0 amide bonds. The zero-order valence-electron chi connectivity index (χ0n) is 5.51. The smallest absolute Gasteiger partial charge is 0.0783 e. The van der Waals surface area contributed by atoms with E-state index in [4.69, 9.17) is 4.74 Å². The normalized spacial score (nSPS) is 42.7. The fraction of sp³-hybridized carbons (Fsp3) is 1.00. The van der Waals surface area contributed by atoms with E-state index < -0.39 is 0 Å². The predicted octanol–water partition coefficient (Wildman–Crippen LogP) is 1.67. The molecule has 2 saturated heterocycles. The van der Waals surface area contributed by atoms with Crippen molar-refractivity contribution in [2.45, 2.75) is 30.6 Å². The SMILES string of the molecule is C1CCC2SCC2OC1. The van der Waals surface area contributed by atoms with Gasteiger partial charge in [-0.2, -0.15) is 11.8 Å². The van der Waals surface area contributed by atoms with Crippen LogP contribution < -0.4 is 0 Å². The molecule has 2 rings (SSSR count). The summed E-state index contributed by atoms with van der Waals surface area (Å²) in [5, 5.41) is 0.868. The van der Waals surface area contributed by atoms with Gasteiger partial charge in [0.1, 0.15) is 0 Å². The molecule has 2 heterocycles. The van der Waals surface area contributed by atoms with Crippen LogP contribution in [-0.4, -0.2) is 23.7 Å². The van der Waals surface area contributed by atoms with Crippen molar-refractivity contribution in [1.29, 1.82) is 0 Å². The van der Waals surface area contributed by atoms with Gasteiger partial charge in [-0.1, -0.05) is 0 Å². The van der Waals surface area contributed by atoms with Gasteiger partial charge >= 0.3 is 0 Å². The van der Waals surface area contributed by atoms with Gasteiger partial charge in [-0.15, -0.1) is 0 Å². The highest BCUT2D eigenvalue weighted by Crippen LogP contribution is 2.36. The first-order valence-corrected chi connectivity index (χ1v) is 4.75. The van der Waals surface area contributed by atoms with Gasteiger partial charge in [0.15, 0.2) is 0 Å². The minimum absolute atomic E-state index is 0.637. The third-order valence-electron chi connectivity index (χ3n) is 2.10. The van der Waals surface area contributed by atoms with Gasteiger partial charge in [0, 0.05) is 17.6 Å². The van der Waals surface area contributed by atoms with Crippen LogP contribution in [0.15, 0.2) is 0 Å². The van der Waals surface area contributed by atoms with E-state index in [9.17, 15) is 0 Å². The zero-order valence-corrected chi connectivity index (χ0v) is 6.32. The van der Waals surface area contributed by atoms with E-state index >= 15 is 0 Å². The summed E-state index contributed by atoms with van der Waals surface area (Å²) in [6, 6.07) is 0. The van der Waals surface area contributed by atoms with E-state index in [-0.39, 0.29) is 0 Å². The Morgan fingerprint density at radius 3 is 3.11 bits per heavy atom. The predicted molar refractivity (Wildman–Crippen MR) is 39.8 cm³/mol. The second kappa shape index (κ2) is 2.51. The summed E-state index contributed by atoms with van der Waals surface area (Å²) < 4.78 is 5.58. The standard InChI is InChI=1S/C7H12OS/c1-2-4-8-6-5-9-7(6)3-1/h6-7H,1-5H2. The van der Waals surface area contributed by atoms with Crippen molar-refractivity contribution < 1.29 is 4.74 Å². The van der Waals surface area contributed by atoms with Crippen LogP contribution in [0, 0.1) is 0 Å². The Labute approximate surface area is 60.2 Å². The monoisotopic (exact) mass is 144 g/mol. The van der Waals surface area contributed by atoms with E-state index in [0.29, 0.717) is 6.10 Å². The highest BCUT2D eigenvalue weighted by atomic mass is 32.2. The zero-order chi connectivity index (χ0) is 6.10. The van der Waals surface area contributed by atoms with Crippen LogP contribution in [0.4, 0.5) is 0 Å². The average Bonchev–Trinajstić information content (AvgIpc) is 1.94. The molecule has 0 aromatic rings.